The van der Waals surface area contributed by atoms with Gasteiger partial charge in [-0.15, -0.1) is 0 Å². The lowest BCUT2D eigenvalue weighted by Crippen LogP contribution is -3.00. The van der Waals surface area contributed by atoms with Crippen molar-refractivity contribution in [1.29, 1.82) is 0 Å². The monoisotopic (exact) mass is 237 g/mol. The van der Waals surface area contributed by atoms with Crippen LogP contribution in [0.15, 0.2) is 0 Å². The summed E-state index contributed by atoms with van der Waals surface area (Å²) < 4.78 is 6.84. The number of nitrogens with zero attached hydrogens (tertiary/aromatic N) is 1. The first kappa shape index (κ1) is 12.4. The van der Waals surface area contributed by atoms with Crippen LogP contribution in [0.3, 0.4) is 0 Å². The molecule has 1 rings (SSSR count). The number of quaternary nitrogens is 1. The van der Waals surface area contributed by atoms with E-state index >= 15 is 0 Å². The van der Waals surface area contributed by atoms with Crippen LogP contribution in [-0.2, 0) is 4.74 Å². The lowest BCUT2D eigenvalue weighted by Gasteiger charge is -2.42. The molecule has 0 bridgehead atoms. The predicted molar refractivity (Wildman–Crippen MR) is 46.5 cm³/mol. The second-order valence-corrected chi connectivity index (χ2v) is 4.06. The highest BCUT2D eigenvalue weighted by Crippen LogP contribution is 2.16. The molecular weight excluding hydrogens is 218 g/mol. The van der Waals surface area contributed by atoms with Gasteiger partial charge in [-0.2, -0.15) is 0 Å². The van der Waals surface area contributed by atoms with E-state index in [0.717, 1.165) is 0 Å². The van der Waals surface area contributed by atoms with Crippen molar-refractivity contribution in [3.63, 3.8) is 0 Å². The fourth-order valence-corrected chi connectivity index (χ4v) is 2.06. The second kappa shape index (κ2) is 4.58. The highest BCUT2D eigenvalue weighted by atomic mass is 79.9. The maximum Gasteiger partial charge on any atom is 0.105 e. The maximum atomic E-state index is 5.67. The lowest BCUT2D eigenvalue weighted by atomic mass is 10.2. The molecule has 1 aliphatic heterocycles. The van der Waals surface area contributed by atoms with E-state index < -0.39 is 0 Å². The van der Waals surface area contributed by atoms with Gasteiger partial charge in [-0.05, 0) is 20.8 Å². The number of ether oxygens (including phenoxy) is 1. The minimum atomic E-state index is 0. The van der Waals surface area contributed by atoms with Gasteiger partial charge in [0.1, 0.15) is 25.3 Å². The van der Waals surface area contributed by atoms with Gasteiger partial charge in [-0.1, -0.05) is 0 Å². The standard InChI is InChI=1S/C9H20NO.BrH/c1-5-10(4)6-8(2)11-9(3)7-10;/h8-9H,5-7H2,1-4H3;1H/q+1;/p-1. The quantitative estimate of drug-likeness (QED) is 0.493. The van der Waals surface area contributed by atoms with E-state index in [9.17, 15) is 0 Å². The SMILES string of the molecule is CC[N+]1(C)CC(C)OC(C)C1.[Br-]. The van der Waals surface area contributed by atoms with Gasteiger partial charge in [0.25, 0.3) is 0 Å². The molecule has 0 aromatic heterocycles. The van der Waals surface area contributed by atoms with Crippen molar-refractivity contribution in [3.05, 3.63) is 0 Å². The van der Waals surface area contributed by atoms with Crippen molar-refractivity contribution in [1.82, 2.24) is 0 Å². The minimum Gasteiger partial charge on any atom is -1.00 e. The Morgan fingerprint density at radius 2 is 1.67 bits per heavy atom. The van der Waals surface area contributed by atoms with Crippen molar-refractivity contribution in [2.24, 2.45) is 0 Å². The van der Waals surface area contributed by atoms with Crippen molar-refractivity contribution < 1.29 is 26.2 Å². The van der Waals surface area contributed by atoms with Gasteiger partial charge in [-0.25, -0.2) is 0 Å². The molecule has 3 heteroatoms. The van der Waals surface area contributed by atoms with Crippen LogP contribution in [0, 0.1) is 0 Å². The molecule has 0 aliphatic carbocycles. The molecule has 0 spiro atoms. The minimum absolute atomic E-state index is 0. The van der Waals surface area contributed by atoms with Crippen molar-refractivity contribution in [2.45, 2.75) is 33.0 Å². The van der Waals surface area contributed by atoms with Gasteiger partial charge in [0.2, 0.25) is 0 Å². The van der Waals surface area contributed by atoms with Crippen LogP contribution >= 0.6 is 0 Å². The highest BCUT2D eigenvalue weighted by molar-refractivity contribution is 4.61. The second-order valence-electron chi connectivity index (χ2n) is 4.06. The third-order valence-corrected chi connectivity index (χ3v) is 2.62. The molecule has 1 fully saturated rings. The van der Waals surface area contributed by atoms with Crippen LogP contribution in [0.1, 0.15) is 20.8 Å². The topological polar surface area (TPSA) is 9.23 Å². The number of hydrogen-bond donors (Lipinski definition) is 0. The zero-order valence-corrected chi connectivity index (χ0v) is 10.1. The average molecular weight is 238 g/mol. The van der Waals surface area contributed by atoms with Crippen molar-refractivity contribution >= 4 is 0 Å². The molecule has 12 heavy (non-hydrogen) atoms. The number of halogens is 1. The maximum absolute atomic E-state index is 5.67. The Balaban J connectivity index is 0.00000121. The fourth-order valence-electron chi connectivity index (χ4n) is 2.06. The largest absolute Gasteiger partial charge is 1.00 e. The molecule has 0 N–H and O–H groups in total. The summed E-state index contributed by atoms with van der Waals surface area (Å²) in [5.74, 6) is 0. The van der Waals surface area contributed by atoms with Gasteiger partial charge >= 0.3 is 0 Å². The number of morpholine rings is 1. The highest BCUT2D eigenvalue weighted by Gasteiger charge is 2.31. The molecule has 0 aromatic carbocycles. The van der Waals surface area contributed by atoms with E-state index in [4.69, 9.17) is 4.74 Å². The van der Waals surface area contributed by atoms with Gasteiger partial charge in [0.15, 0.2) is 0 Å². The van der Waals surface area contributed by atoms with Crippen molar-refractivity contribution in [2.75, 3.05) is 26.7 Å². The summed E-state index contributed by atoms with van der Waals surface area (Å²) in [5, 5.41) is 0. The molecule has 0 saturated carbocycles. The van der Waals surface area contributed by atoms with Gasteiger partial charge in [-0.3, -0.25) is 0 Å². The van der Waals surface area contributed by atoms with Gasteiger partial charge in [0, 0.05) is 0 Å². The van der Waals surface area contributed by atoms with Gasteiger partial charge in [0.05, 0.1) is 13.6 Å². The van der Waals surface area contributed by atoms with Gasteiger partial charge < -0.3 is 26.2 Å². The van der Waals surface area contributed by atoms with Crippen LogP contribution < -0.4 is 17.0 Å². The van der Waals surface area contributed by atoms with E-state index in [1.807, 2.05) is 0 Å². The van der Waals surface area contributed by atoms with E-state index in [1.165, 1.54) is 24.1 Å². The summed E-state index contributed by atoms with van der Waals surface area (Å²) in [6, 6.07) is 0. The molecular formula is C9H20BrNO. The summed E-state index contributed by atoms with van der Waals surface area (Å²) in [6.45, 7) is 10.1. The van der Waals surface area contributed by atoms with Crippen molar-refractivity contribution in [3.8, 4) is 0 Å². The number of rotatable bonds is 1. The Hall–Kier alpha value is 0.400. The molecule has 0 aromatic rings. The first-order chi connectivity index (χ1) is 5.06. The molecule has 1 saturated heterocycles. The van der Waals surface area contributed by atoms with Crippen LogP contribution in [0.5, 0.6) is 0 Å². The van der Waals surface area contributed by atoms with Crippen LogP contribution in [-0.4, -0.2) is 43.4 Å². The molecule has 1 heterocycles. The predicted octanol–water partition coefficient (Wildman–Crippen LogP) is -1.74. The van der Waals surface area contributed by atoms with E-state index in [1.54, 1.807) is 0 Å². The first-order valence-corrected chi connectivity index (χ1v) is 4.55. The third kappa shape index (κ3) is 3.04. The fraction of sp³-hybridized carbons (Fsp3) is 1.00. The normalized spacial score (nSPS) is 42.0. The van der Waals surface area contributed by atoms with E-state index in [-0.39, 0.29) is 17.0 Å². The number of hydrogen-bond acceptors (Lipinski definition) is 1. The Bertz CT molecular complexity index is 130. The zero-order valence-electron chi connectivity index (χ0n) is 8.51. The Labute approximate surface area is 86.2 Å². The van der Waals surface area contributed by atoms with E-state index in [0.29, 0.717) is 12.2 Å². The molecule has 74 valence electrons. The molecule has 1 aliphatic rings. The number of likely N-dealkylation sites (N-methyl/N-ethyl adjacent to an activating group) is 1. The average Bonchev–Trinajstić information content (AvgIpc) is 1.84. The lowest BCUT2D eigenvalue weighted by molar-refractivity contribution is -0.921. The Morgan fingerprint density at radius 3 is 2.00 bits per heavy atom. The Kier molecular flexibility index (Phi) is 4.74. The van der Waals surface area contributed by atoms with E-state index in [2.05, 4.69) is 27.8 Å². The summed E-state index contributed by atoms with van der Waals surface area (Å²) in [5.41, 5.74) is 0. The first-order valence-electron chi connectivity index (χ1n) is 4.55. The summed E-state index contributed by atoms with van der Waals surface area (Å²) in [4.78, 5) is 0. The molecule has 2 unspecified atom stereocenters. The molecule has 2 atom stereocenters. The molecule has 0 amide bonds. The Morgan fingerprint density at radius 1 is 1.25 bits per heavy atom. The third-order valence-electron chi connectivity index (χ3n) is 2.62. The van der Waals surface area contributed by atoms with Crippen LogP contribution in [0.4, 0.5) is 0 Å². The molecule has 2 nitrogen and oxygen atoms in total. The van der Waals surface area contributed by atoms with Crippen LogP contribution in [0.2, 0.25) is 0 Å². The van der Waals surface area contributed by atoms with Crippen LogP contribution in [0.25, 0.3) is 0 Å². The smallest absolute Gasteiger partial charge is 0.105 e. The zero-order chi connectivity index (χ0) is 8.48. The summed E-state index contributed by atoms with van der Waals surface area (Å²) in [6.07, 6.45) is 0.868. The molecule has 0 radical (unpaired) electrons. The summed E-state index contributed by atoms with van der Waals surface area (Å²) >= 11 is 0. The summed E-state index contributed by atoms with van der Waals surface area (Å²) in [7, 11) is 2.32.